The van der Waals surface area contributed by atoms with E-state index in [-0.39, 0.29) is 5.75 Å². The average Bonchev–Trinajstić information content (AvgIpc) is 2.75. The van der Waals surface area contributed by atoms with Crippen LogP contribution in [0.15, 0.2) is 9.59 Å². The van der Waals surface area contributed by atoms with Gasteiger partial charge in [-0.05, 0) is 19.8 Å². The van der Waals surface area contributed by atoms with Gasteiger partial charge in [-0.1, -0.05) is 0 Å². The molecule has 0 atom stereocenters. The van der Waals surface area contributed by atoms with Crippen LogP contribution in [0.3, 0.4) is 0 Å². The van der Waals surface area contributed by atoms with E-state index < -0.39 is 10.9 Å². The molecule has 0 aromatic heterocycles. The highest BCUT2D eigenvalue weighted by Crippen LogP contribution is 2.19. The SMILES string of the molecule is CCOc1c(NN2CCCC2)c(=O)c1=O. The Morgan fingerprint density at radius 3 is 2.53 bits per heavy atom. The molecule has 1 fully saturated rings. The summed E-state index contributed by atoms with van der Waals surface area (Å²) in [5, 5.41) is 1.94. The van der Waals surface area contributed by atoms with Crippen LogP contribution in [0.2, 0.25) is 0 Å². The van der Waals surface area contributed by atoms with Gasteiger partial charge in [-0.3, -0.25) is 9.59 Å². The van der Waals surface area contributed by atoms with Crippen molar-refractivity contribution < 1.29 is 4.74 Å². The zero-order valence-corrected chi connectivity index (χ0v) is 8.71. The van der Waals surface area contributed by atoms with E-state index in [0.717, 1.165) is 25.9 Å². The van der Waals surface area contributed by atoms with Gasteiger partial charge in [0.25, 0.3) is 10.9 Å². The molecule has 1 aromatic carbocycles. The summed E-state index contributed by atoms with van der Waals surface area (Å²) in [7, 11) is 0. The average molecular weight is 210 g/mol. The van der Waals surface area contributed by atoms with Crippen molar-refractivity contribution in [1.82, 2.24) is 5.01 Å². The van der Waals surface area contributed by atoms with Crippen molar-refractivity contribution in [2.75, 3.05) is 25.1 Å². The van der Waals surface area contributed by atoms with Crippen LogP contribution in [0.5, 0.6) is 5.75 Å². The normalized spacial score (nSPS) is 17.1. The Labute approximate surface area is 87.3 Å². The topological polar surface area (TPSA) is 58.6 Å². The van der Waals surface area contributed by atoms with E-state index in [1.54, 1.807) is 6.92 Å². The highest BCUT2D eigenvalue weighted by molar-refractivity contribution is 5.61. The second-order valence-corrected chi connectivity index (χ2v) is 3.60. The van der Waals surface area contributed by atoms with Crippen LogP contribution in [0, 0.1) is 0 Å². The lowest BCUT2D eigenvalue weighted by atomic mass is 10.2. The Morgan fingerprint density at radius 2 is 1.93 bits per heavy atom. The van der Waals surface area contributed by atoms with Crippen molar-refractivity contribution in [3.8, 4) is 5.75 Å². The van der Waals surface area contributed by atoms with Crippen molar-refractivity contribution in [2.45, 2.75) is 19.8 Å². The first-order chi connectivity index (χ1) is 7.24. The molecule has 1 N–H and O–H groups in total. The maximum atomic E-state index is 11.3. The first-order valence-electron chi connectivity index (χ1n) is 5.21. The van der Waals surface area contributed by atoms with E-state index in [4.69, 9.17) is 4.74 Å². The van der Waals surface area contributed by atoms with Crippen molar-refractivity contribution in [2.24, 2.45) is 0 Å². The minimum atomic E-state index is -0.515. The third-order valence-electron chi connectivity index (χ3n) is 2.53. The van der Waals surface area contributed by atoms with Gasteiger partial charge in [0, 0.05) is 13.1 Å². The fraction of sp³-hybridized carbons (Fsp3) is 0.600. The molecule has 2 rings (SSSR count). The molecular weight excluding hydrogens is 196 g/mol. The van der Waals surface area contributed by atoms with E-state index >= 15 is 0 Å². The predicted molar refractivity (Wildman–Crippen MR) is 57.0 cm³/mol. The summed E-state index contributed by atoms with van der Waals surface area (Å²) < 4.78 is 5.10. The van der Waals surface area contributed by atoms with Crippen LogP contribution < -0.4 is 21.0 Å². The number of anilines is 1. The van der Waals surface area contributed by atoms with Crippen molar-refractivity contribution in [3.05, 3.63) is 20.4 Å². The third kappa shape index (κ3) is 1.74. The molecule has 1 aliphatic rings. The summed E-state index contributed by atoms with van der Waals surface area (Å²) in [6.07, 6.45) is 2.23. The zero-order chi connectivity index (χ0) is 10.8. The van der Waals surface area contributed by atoms with Crippen LogP contribution in [0.25, 0.3) is 0 Å². The second kappa shape index (κ2) is 4.02. The highest BCUT2D eigenvalue weighted by Gasteiger charge is 2.24. The molecule has 5 nitrogen and oxygen atoms in total. The Kier molecular flexibility index (Phi) is 2.73. The van der Waals surface area contributed by atoms with E-state index in [9.17, 15) is 9.59 Å². The Morgan fingerprint density at radius 1 is 1.27 bits per heavy atom. The van der Waals surface area contributed by atoms with Crippen LogP contribution in [0.1, 0.15) is 19.8 Å². The Hall–Kier alpha value is -1.36. The number of hydrazine groups is 1. The molecule has 15 heavy (non-hydrogen) atoms. The second-order valence-electron chi connectivity index (χ2n) is 3.60. The first-order valence-corrected chi connectivity index (χ1v) is 5.21. The summed E-state index contributed by atoms with van der Waals surface area (Å²) in [6, 6.07) is 0. The molecule has 82 valence electrons. The molecule has 5 heteroatoms. The predicted octanol–water partition coefficient (Wildman–Crippen LogP) is 0.104. The minimum Gasteiger partial charge on any atom is -0.488 e. The quantitative estimate of drug-likeness (QED) is 0.714. The number of nitrogens with zero attached hydrogens (tertiary/aromatic N) is 1. The molecule has 0 radical (unpaired) electrons. The van der Waals surface area contributed by atoms with Gasteiger partial charge in [0.2, 0.25) is 0 Å². The maximum absolute atomic E-state index is 11.3. The molecular formula is C10H14N2O3. The number of ether oxygens (including phenoxy) is 1. The highest BCUT2D eigenvalue weighted by atomic mass is 16.5. The summed E-state index contributed by atoms with van der Waals surface area (Å²) in [5.74, 6) is 0.189. The summed E-state index contributed by atoms with van der Waals surface area (Å²) >= 11 is 0. The lowest BCUT2D eigenvalue weighted by Gasteiger charge is -2.20. The monoisotopic (exact) mass is 210 g/mol. The lowest BCUT2D eigenvalue weighted by molar-refractivity contribution is 0.329. The van der Waals surface area contributed by atoms with E-state index in [1.165, 1.54) is 0 Å². The standard InChI is InChI=1S/C10H14N2O3/c1-2-15-10-7(8(13)9(10)14)11-12-5-3-4-6-12/h11H,2-6H2,1H3. The Bertz CT molecular complexity index is 414. The number of rotatable bonds is 4. The summed E-state index contributed by atoms with van der Waals surface area (Å²) in [6.45, 7) is 4.00. The third-order valence-corrected chi connectivity index (χ3v) is 2.53. The molecule has 0 aliphatic carbocycles. The number of hydrogen-bond acceptors (Lipinski definition) is 5. The fourth-order valence-corrected chi connectivity index (χ4v) is 1.74. The fourth-order valence-electron chi connectivity index (χ4n) is 1.74. The molecule has 0 bridgehead atoms. The smallest absolute Gasteiger partial charge is 0.272 e. The van der Waals surface area contributed by atoms with Gasteiger partial charge < -0.3 is 10.2 Å². The Balaban J connectivity index is 2.10. The zero-order valence-electron chi connectivity index (χ0n) is 8.71. The molecule has 1 heterocycles. The van der Waals surface area contributed by atoms with Gasteiger partial charge in [0.15, 0.2) is 5.75 Å². The molecule has 0 amide bonds. The molecule has 0 unspecified atom stereocenters. The summed E-state index contributed by atoms with van der Waals surface area (Å²) in [5.41, 5.74) is 2.29. The molecule has 1 aliphatic heterocycles. The van der Waals surface area contributed by atoms with Gasteiger partial charge in [-0.2, -0.15) is 0 Å². The van der Waals surface area contributed by atoms with Gasteiger partial charge in [0.05, 0.1) is 6.61 Å². The van der Waals surface area contributed by atoms with E-state index in [1.807, 2.05) is 5.01 Å². The van der Waals surface area contributed by atoms with Gasteiger partial charge in [0.1, 0.15) is 5.69 Å². The van der Waals surface area contributed by atoms with Gasteiger partial charge in [-0.25, -0.2) is 5.01 Å². The minimum absolute atomic E-state index is 0.189. The molecule has 0 spiro atoms. The number of nitrogens with one attached hydrogen (secondary N) is 1. The summed E-state index contributed by atoms with van der Waals surface area (Å²) in [4.78, 5) is 22.4. The van der Waals surface area contributed by atoms with Crippen LogP contribution in [0.4, 0.5) is 5.69 Å². The van der Waals surface area contributed by atoms with Crippen molar-refractivity contribution >= 4 is 5.69 Å². The van der Waals surface area contributed by atoms with E-state index in [0.29, 0.717) is 12.3 Å². The largest absolute Gasteiger partial charge is 0.488 e. The van der Waals surface area contributed by atoms with E-state index in [2.05, 4.69) is 5.43 Å². The molecule has 1 aromatic rings. The maximum Gasteiger partial charge on any atom is 0.272 e. The van der Waals surface area contributed by atoms with Gasteiger partial charge in [-0.15, -0.1) is 0 Å². The lowest BCUT2D eigenvalue weighted by Crippen LogP contribution is -2.40. The van der Waals surface area contributed by atoms with Crippen LogP contribution in [-0.4, -0.2) is 24.7 Å². The molecule has 1 saturated heterocycles. The van der Waals surface area contributed by atoms with Crippen molar-refractivity contribution in [3.63, 3.8) is 0 Å². The van der Waals surface area contributed by atoms with Gasteiger partial charge >= 0.3 is 0 Å². The molecule has 0 saturated carbocycles. The number of hydrogen-bond donors (Lipinski definition) is 1. The van der Waals surface area contributed by atoms with Crippen LogP contribution >= 0.6 is 0 Å². The van der Waals surface area contributed by atoms with Crippen molar-refractivity contribution in [1.29, 1.82) is 0 Å². The van der Waals surface area contributed by atoms with Crippen LogP contribution in [-0.2, 0) is 0 Å². The first kappa shape index (κ1) is 10.2.